The first-order valence-corrected chi connectivity index (χ1v) is 5.81. The van der Waals surface area contributed by atoms with Gasteiger partial charge in [0.15, 0.2) is 0 Å². The second-order valence-electron chi connectivity index (χ2n) is 4.42. The monoisotopic (exact) mass is 209 g/mol. The minimum Gasteiger partial charge on any atom is -0.373 e. The maximum atomic E-state index is 9.23. The lowest BCUT2D eigenvalue weighted by atomic mass is 10.1. The van der Waals surface area contributed by atoms with Crippen molar-refractivity contribution in [2.45, 2.75) is 38.0 Å². The van der Waals surface area contributed by atoms with Gasteiger partial charge in [-0.25, -0.2) is 0 Å². The molecule has 2 aliphatic rings. The molecular formula is C11H19N3O. The van der Waals surface area contributed by atoms with Crippen LogP contribution in [0.4, 0.5) is 0 Å². The minimum atomic E-state index is -0.0444. The molecule has 15 heavy (non-hydrogen) atoms. The fourth-order valence-corrected chi connectivity index (χ4v) is 2.43. The van der Waals surface area contributed by atoms with Crippen molar-refractivity contribution in [1.29, 1.82) is 5.26 Å². The van der Waals surface area contributed by atoms with Crippen LogP contribution in [0.25, 0.3) is 0 Å². The van der Waals surface area contributed by atoms with Crippen LogP contribution >= 0.6 is 0 Å². The van der Waals surface area contributed by atoms with E-state index in [4.69, 9.17) is 4.74 Å². The predicted molar refractivity (Wildman–Crippen MR) is 57.4 cm³/mol. The highest BCUT2D eigenvalue weighted by molar-refractivity contribution is 5.00. The first-order chi connectivity index (χ1) is 7.31. The number of hydrogen-bond acceptors (Lipinski definition) is 4. The molecule has 0 amide bonds. The molecule has 0 aromatic rings. The zero-order valence-electron chi connectivity index (χ0n) is 9.28. The number of nitrogens with one attached hydrogen (secondary N) is 1. The molecule has 2 rings (SSSR count). The van der Waals surface area contributed by atoms with Crippen LogP contribution in [0.1, 0.15) is 19.8 Å². The highest BCUT2D eigenvalue weighted by Crippen LogP contribution is 2.24. The van der Waals surface area contributed by atoms with Gasteiger partial charge in [-0.1, -0.05) is 0 Å². The molecule has 0 aromatic heterocycles. The molecule has 4 nitrogen and oxygen atoms in total. The summed E-state index contributed by atoms with van der Waals surface area (Å²) in [7, 11) is 0. The van der Waals surface area contributed by atoms with Gasteiger partial charge in [-0.15, -0.1) is 0 Å². The normalized spacial score (nSPS) is 34.9. The SMILES string of the molecule is CC1CCC(C(C#N)N2CCNCC2)O1. The van der Waals surface area contributed by atoms with Gasteiger partial charge in [-0.05, 0) is 19.8 Å². The molecule has 0 bridgehead atoms. The van der Waals surface area contributed by atoms with Crippen LogP contribution in [0, 0.1) is 11.3 Å². The van der Waals surface area contributed by atoms with Crippen LogP contribution in [-0.4, -0.2) is 49.3 Å². The van der Waals surface area contributed by atoms with Crippen LogP contribution in [0.5, 0.6) is 0 Å². The summed E-state index contributed by atoms with van der Waals surface area (Å²) in [6.07, 6.45) is 2.58. The molecule has 3 atom stereocenters. The van der Waals surface area contributed by atoms with Crippen LogP contribution in [0.2, 0.25) is 0 Å². The first kappa shape index (κ1) is 10.9. The highest BCUT2D eigenvalue weighted by atomic mass is 16.5. The lowest BCUT2D eigenvalue weighted by Gasteiger charge is -2.33. The smallest absolute Gasteiger partial charge is 0.124 e. The third-order valence-electron chi connectivity index (χ3n) is 3.29. The van der Waals surface area contributed by atoms with Crippen LogP contribution in [0.3, 0.4) is 0 Å². The van der Waals surface area contributed by atoms with Gasteiger partial charge in [0.25, 0.3) is 0 Å². The number of nitriles is 1. The zero-order chi connectivity index (χ0) is 10.7. The van der Waals surface area contributed by atoms with E-state index >= 15 is 0 Å². The Kier molecular flexibility index (Phi) is 3.57. The molecule has 2 saturated heterocycles. The van der Waals surface area contributed by atoms with Gasteiger partial charge in [0, 0.05) is 26.2 Å². The molecule has 3 unspecified atom stereocenters. The Morgan fingerprint density at radius 2 is 2.13 bits per heavy atom. The summed E-state index contributed by atoms with van der Waals surface area (Å²) < 4.78 is 5.78. The van der Waals surface area contributed by atoms with Crippen LogP contribution in [0.15, 0.2) is 0 Å². The summed E-state index contributed by atoms with van der Waals surface area (Å²) in [6, 6.07) is 2.36. The quantitative estimate of drug-likeness (QED) is 0.713. The Balaban J connectivity index is 1.94. The fraction of sp³-hybridized carbons (Fsp3) is 0.909. The summed E-state index contributed by atoms with van der Waals surface area (Å²) in [5, 5.41) is 12.5. The van der Waals surface area contributed by atoms with Crippen molar-refractivity contribution in [3.8, 4) is 6.07 Å². The largest absolute Gasteiger partial charge is 0.373 e. The zero-order valence-corrected chi connectivity index (χ0v) is 9.28. The number of hydrogen-bond donors (Lipinski definition) is 1. The maximum absolute atomic E-state index is 9.23. The van der Waals surface area contributed by atoms with Crippen molar-refractivity contribution >= 4 is 0 Å². The Morgan fingerprint density at radius 3 is 2.67 bits per heavy atom. The van der Waals surface area contributed by atoms with E-state index < -0.39 is 0 Å². The van der Waals surface area contributed by atoms with Gasteiger partial charge in [-0.3, -0.25) is 4.90 Å². The Hall–Kier alpha value is -0.630. The van der Waals surface area contributed by atoms with Crippen molar-refractivity contribution in [1.82, 2.24) is 10.2 Å². The lowest BCUT2D eigenvalue weighted by Crippen LogP contribution is -2.51. The Labute approximate surface area is 91.2 Å². The van der Waals surface area contributed by atoms with E-state index in [1.165, 1.54) is 0 Å². The minimum absolute atomic E-state index is 0.0444. The Bertz CT molecular complexity index is 240. The predicted octanol–water partition coefficient (Wildman–Crippen LogP) is 0.351. The van der Waals surface area contributed by atoms with Crippen molar-refractivity contribution in [2.75, 3.05) is 26.2 Å². The standard InChI is InChI=1S/C11H19N3O/c1-9-2-3-11(15-9)10(8-12)14-6-4-13-5-7-14/h9-11,13H,2-7H2,1H3. The molecule has 1 N–H and O–H groups in total. The van der Waals surface area contributed by atoms with E-state index in [-0.39, 0.29) is 12.1 Å². The highest BCUT2D eigenvalue weighted by Gasteiger charge is 2.33. The van der Waals surface area contributed by atoms with E-state index in [0.717, 1.165) is 39.0 Å². The summed E-state index contributed by atoms with van der Waals surface area (Å²) in [6.45, 7) is 5.99. The lowest BCUT2D eigenvalue weighted by molar-refractivity contribution is 0.00768. The van der Waals surface area contributed by atoms with Crippen molar-refractivity contribution in [3.05, 3.63) is 0 Å². The average Bonchev–Trinajstić information content (AvgIpc) is 2.68. The number of rotatable bonds is 2. The van der Waals surface area contributed by atoms with Gasteiger partial charge in [0.2, 0.25) is 0 Å². The number of ether oxygens (including phenoxy) is 1. The van der Waals surface area contributed by atoms with E-state index in [2.05, 4.69) is 23.2 Å². The Morgan fingerprint density at radius 1 is 1.40 bits per heavy atom. The summed E-state index contributed by atoms with van der Waals surface area (Å²) >= 11 is 0. The third kappa shape index (κ3) is 2.49. The molecule has 0 saturated carbocycles. The van der Waals surface area contributed by atoms with Crippen molar-refractivity contribution in [3.63, 3.8) is 0 Å². The molecule has 0 spiro atoms. The molecular weight excluding hydrogens is 190 g/mol. The molecule has 84 valence electrons. The molecule has 2 fully saturated rings. The molecule has 2 heterocycles. The van der Waals surface area contributed by atoms with E-state index in [1.54, 1.807) is 0 Å². The molecule has 4 heteroatoms. The van der Waals surface area contributed by atoms with Gasteiger partial charge in [-0.2, -0.15) is 5.26 Å². The number of nitrogens with zero attached hydrogens (tertiary/aromatic N) is 2. The summed E-state index contributed by atoms with van der Waals surface area (Å²) in [5.74, 6) is 0. The van der Waals surface area contributed by atoms with Crippen LogP contribution in [-0.2, 0) is 4.74 Å². The molecule has 0 radical (unpaired) electrons. The van der Waals surface area contributed by atoms with Gasteiger partial charge < -0.3 is 10.1 Å². The molecule has 0 aromatic carbocycles. The van der Waals surface area contributed by atoms with E-state index in [0.29, 0.717) is 6.10 Å². The second-order valence-corrected chi connectivity index (χ2v) is 4.42. The summed E-state index contributed by atoms with van der Waals surface area (Å²) in [5.41, 5.74) is 0. The number of piperazine rings is 1. The van der Waals surface area contributed by atoms with E-state index in [1.807, 2.05) is 0 Å². The van der Waals surface area contributed by atoms with Gasteiger partial charge >= 0.3 is 0 Å². The van der Waals surface area contributed by atoms with Crippen molar-refractivity contribution < 1.29 is 4.74 Å². The topological polar surface area (TPSA) is 48.3 Å². The van der Waals surface area contributed by atoms with Crippen LogP contribution < -0.4 is 5.32 Å². The molecule has 2 aliphatic heterocycles. The van der Waals surface area contributed by atoms with Gasteiger partial charge in [0.05, 0.1) is 18.3 Å². The molecule has 0 aliphatic carbocycles. The average molecular weight is 209 g/mol. The second kappa shape index (κ2) is 4.93. The first-order valence-electron chi connectivity index (χ1n) is 5.81. The third-order valence-corrected chi connectivity index (χ3v) is 3.29. The van der Waals surface area contributed by atoms with Gasteiger partial charge in [0.1, 0.15) is 6.04 Å². The van der Waals surface area contributed by atoms with E-state index in [9.17, 15) is 5.26 Å². The fourth-order valence-electron chi connectivity index (χ4n) is 2.43. The van der Waals surface area contributed by atoms with Crippen molar-refractivity contribution in [2.24, 2.45) is 0 Å². The summed E-state index contributed by atoms with van der Waals surface area (Å²) in [4.78, 5) is 2.25. The maximum Gasteiger partial charge on any atom is 0.124 e.